The van der Waals surface area contributed by atoms with E-state index in [4.69, 9.17) is 33.0 Å². The van der Waals surface area contributed by atoms with E-state index in [-0.39, 0.29) is 6.61 Å². The lowest BCUT2D eigenvalue weighted by Gasteiger charge is -2.09. The molecule has 0 atom stereocenters. The quantitative estimate of drug-likeness (QED) is 0.926. The van der Waals surface area contributed by atoms with Crippen LogP contribution in [0.1, 0.15) is 11.3 Å². The van der Waals surface area contributed by atoms with E-state index in [0.29, 0.717) is 27.4 Å². The standard InChI is InChI=1S/C13H11Cl2NO2/c1-8-9(7-17)2-5-13(16-8)18-12-6-10(14)3-4-11(12)15/h2-6,17H,7H2,1H3. The SMILES string of the molecule is Cc1nc(Oc2cc(Cl)ccc2Cl)ccc1CO. The summed E-state index contributed by atoms with van der Waals surface area (Å²) in [6.07, 6.45) is 0. The van der Waals surface area contributed by atoms with Crippen LogP contribution < -0.4 is 4.74 Å². The van der Waals surface area contributed by atoms with Crippen LogP contribution in [0.25, 0.3) is 0 Å². The zero-order valence-electron chi connectivity index (χ0n) is 9.65. The topological polar surface area (TPSA) is 42.4 Å². The molecular weight excluding hydrogens is 273 g/mol. The molecule has 94 valence electrons. The fourth-order valence-corrected chi connectivity index (χ4v) is 1.78. The number of nitrogens with zero attached hydrogens (tertiary/aromatic N) is 1. The number of pyridine rings is 1. The van der Waals surface area contributed by atoms with Gasteiger partial charge >= 0.3 is 0 Å². The summed E-state index contributed by atoms with van der Waals surface area (Å²) in [5, 5.41) is 10.1. The van der Waals surface area contributed by atoms with Crippen molar-refractivity contribution in [3.8, 4) is 11.6 Å². The van der Waals surface area contributed by atoms with E-state index < -0.39 is 0 Å². The van der Waals surface area contributed by atoms with Crippen molar-refractivity contribution in [3.63, 3.8) is 0 Å². The second kappa shape index (κ2) is 5.57. The van der Waals surface area contributed by atoms with Gasteiger partial charge in [-0.25, -0.2) is 4.98 Å². The first-order valence-corrected chi connectivity index (χ1v) is 6.06. The number of rotatable bonds is 3. The van der Waals surface area contributed by atoms with E-state index in [9.17, 15) is 0 Å². The molecule has 1 heterocycles. The molecule has 0 fully saturated rings. The molecule has 0 spiro atoms. The van der Waals surface area contributed by atoms with Gasteiger partial charge < -0.3 is 9.84 Å². The van der Waals surface area contributed by atoms with Gasteiger partial charge in [-0.15, -0.1) is 0 Å². The molecule has 5 heteroatoms. The molecule has 1 aromatic carbocycles. The first kappa shape index (κ1) is 13.1. The van der Waals surface area contributed by atoms with Crippen LogP contribution in [-0.2, 0) is 6.61 Å². The minimum atomic E-state index is -0.0446. The van der Waals surface area contributed by atoms with Crippen molar-refractivity contribution in [1.29, 1.82) is 0 Å². The second-order valence-corrected chi connectivity index (χ2v) is 4.57. The van der Waals surface area contributed by atoms with Crippen molar-refractivity contribution in [2.75, 3.05) is 0 Å². The molecule has 3 nitrogen and oxygen atoms in total. The van der Waals surface area contributed by atoms with Crippen LogP contribution in [0.5, 0.6) is 11.6 Å². The number of hydrogen-bond donors (Lipinski definition) is 1. The maximum absolute atomic E-state index is 9.06. The summed E-state index contributed by atoms with van der Waals surface area (Å²) in [6, 6.07) is 8.41. The average molecular weight is 284 g/mol. The number of aliphatic hydroxyl groups excluding tert-OH is 1. The van der Waals surface area contributed by atoms with E-state index in [1.54, 1.807) is 37.3 Å². The number of benzene rings is 1. The fraction of sp³-hybridized carbons (Fsp3) is 0.154. The molecule has 0 saturated heterocycles. The number of ether oxygens (including phenoxy) is 1. The molecule has 0 saturated carbocycles. The predicted octanol–water partition coefficient (Wildman–Crippen LogP) is 3.98. The van der Waals surface area contributed by atoms with Crippen molar-refractivity contribution in [2.24, 2.45) is 0 Å². The normalized spacial score (nSPS) is 10.4. The number of aromatic nitrogens is 1. The summed E-state index contributed by atoms with van der Waals surface area (Å²) in [5.41, 5.74) is 1.48. The molecule has 1 aromatic heterocycles. The first-order chi connectivity index (χ1) is 8.60. The number of halogens is 2. The third kappa shape index (κ3) is 2.93. The van der Waals surface area contributed by atoms with Crippen molar-refractivity contribution in [1.82, 2.24) is 4.98 Å². The van der Waals surface area contributed by atoms with Crippen LogP contribution in [0.4, 0.5) is 0 Å². The molecule has 1 N–H and O–H groups in total. The third-order valence-electron chi connectivity index (χ3n) is 2.45. The van der Waals surface area contributed by atoms with E-state index in [1.807, 2.05) is 0 Å². The fourth-order valence-electron chi connectivity index (χ4n) is 1.46. The lowest BCUT2D eigenvalue weighted by atomic mass is 10.2. The lowest BCUT2D eigenvalue weighted by Crippen LogP contribution is -1.95. The highest BCUT2D eigenvalue weighted by Crippen LogP contribution is 2.31. The van der Waals surface area contributed by atoms with Crippen molar-refractivity contribution in [2.45, 2.75) is 13.5 Å². The minimum absolute atomic E-state index is 0.0446. The molecule has 0 aliphatic heterocycles. The second-order valence-electron chi connectivity index (χ2n) is 3.73. The maximum atomic E-state index is 9.06. The number of hydrogen-bond acceptors (Lipinski definition) is 3. The molecule has 0 radical (unpaired) electrons. The molecule has 0 aliphatic rings. The van der Waals surface area contributed by atoms with Gasteiger partial charge in [0, 0.05) is 22.8 Å². The van der Waals surface area contributed by atoms with E-state index in [2.05, 4.69) is 4.98 Å². The Morgan fingerprint density at radius 2 is 2.00 bits per heavy atom. The highest BCUT2D eigenvalue weighted by atomic mass is 35.5. The van der Waals surface area contributed by atoms with Gasteiger partial charge in [0.15, 0.2) is 0 Å². The van der Waals surface area contributed by atoms with Crippen molar-refractivity contribution < 1.29 is 9.84 Å². The number of aryl methyl sites for hydroxylation is 1. The molecular formula is C13H11Cl2NO2. The van der Waals surface area contributed by atoms with Crippen LogP contribution in [0.15, 0.2) is 30.3 Å². The summed E-state index contributed by atoms with van der Waals surface area (Å²) in [7, 11) is 0. The van der Waals surface area contributed by atoms with E-state index in [0.717, 1.165) is 5.56 Å². The van der Waals surface area contributed by atoms with Crippen LogP contribution in [0.2, 0.25) is 10.0 Å². The summed E-state index contributed by atoms with van der Waals surface area (Å²) in [6.45, 7) is 1.76. The molecule has 0 aliphatic carbocycles. The summed E-state index contributed by atoms with van der Waals surface area (Å²) in [4.78, 5) is 4.23. The van der Waals surface area contributed by atoms with Gasteiger partial charge in [0.2, 0.25) is 5.88 Å². The molecule has 0 bridgehead atoms. The summed E-state index contributed by atoms with van der Waals surface area (Å²) >= 11 is 11.9. The van der Waals surface area contributed by atoms with Crippen molar-refractivity contribution >= 4 is 23.2 Å². The van der Waals surface area contributed by atoms with Crippen LogP contribution in [-0.4, -0.2) is 10.1 Å². The maximum Gasteiger partial charge on any atom is 0.219 e. The Kier molecular flexibility index (Phi) is 4.07. The predicted molar refractivity (Wildman–Crippen MR) is 71.4 cm³/mol. The Morgan fingerprint density at radius 1 is 1.22 bits per heavy atom. The number of aliphatic hydroxyl groups is 1. The van der Waals surface area contributed by atoms with Crippen LogP contribution in [0, 0.1) is 6.92 Å². The Bertz CT molecular complexity index is 573. The van der Waals surface area contributed by atoms with Gasteiger partial charge in [-0.2, -0.15) is 0 Å². The molecule has 2 aromatic rings. The summed E-state index contributed by atoms with van der Waals surface area (Å²) in [5.74, 6) is 0.863. The monoisotopic (exact) mass is 283 g/mol. The Hall–Kier alpha value is -1.29. The molecule has 0 unspecified atom stereocenters. The molecule has 18 heavy (non-hydrogen) atoms. The molecule has 0 amide bonds. The Labute approximate surface area is 115 Å². The lowest BCUT2D eigenvalue weighted by molar-refractivity contribution is 0.280. The van der Waals surface area contributed by atoms with Crippen molar-refractivity contribution in [3.05, 3.63) is 51.6 Å². The van der Waals surface area contributed by atoms with Gasteiger partial charge in [-0.05, 0) is 30.7 Å². The highest BCUT2D eigenvalue weighted by Gasteiger charge is 2.07. The van der Waals surface area contributed by atoms with Crippen LogP contribution >= 0.6 is 23.2 Å². The Morgan fingerprint density at radius 3 is 2.67 bits per heavy atom. The zero-order valence-corrected chi connectivity index (χ0v) is 11.2. The highest BCUT2D eigenvalue weighted by molar-refractivity contribution is 6.34. The zero-order chi connectivity index (χ0) is 13.1. The minimum Gasteiger partial charge on any atom is -0.437 e. The largest absolute Gasteiger partial charge is 0.437 e. The van der Waals surface area contributed by atoms with Crippen LogP contribution in [0.3, 0.4) is 0 Å². The van der Waals surface area contributed by atoms with Gasteiger partial charge in [-0.3, -0.25) is 0 Å². The smallest absolute Gasteiger partial charge is 0.219 e. The van der Waals surface area contributed by atoms with Gasteiger partial charge in [0.1, 0.15) is 5.75 Å². The third-order valence-corrected chi connectivity index (χ3v) is 3.00. The van der Waals surface area contributed by atoms with Gasteiger partial charge in [0.05, 0.1) is 11.6 Å². The molecule has 2 rings (SSSR count). The summed E-state index contributed by atoms with van der Waals surface area (Å²) < 4.78 is 5.56. The van der Waals surface area contributed by atoms with Gasteiger partial charge in [-0.1, -0.05) is 23.2 Å². The average Bonchev–Trinajstić information content (AvgIpc) is 2.34. The van der Waals surface area contributed by atoms with E-state index >= 15 is 0 Å². The Balaban J connectivity index is 2.28. The van der Waals surface area contributed by atoms with E-state index in [1.165, 1.54) is 0 Å². The first-order valence-electron chi connectivity index (χ1n) is 5.30. The van der Waals surface area contributed by atoms with Gasteiger partial charge in [0.25, 0.3) is 0 Å².